The Hall–Kier alpha value is -1.90. The number of likely N-dealkylation sites (tertiary alicyclic amines) is 1. The van der Waals surface area contributed by atoms with Crippen LogP contribution >= 0.6 is 0 Å². The molecule has 0 aromatic heterocycles. The van der Waals surface area contributed by atoms with E-state index >= 15 is 0 Å². The zero-order chi connectivity index (χ0) is 16.7. The van der Waals surface area contributed by atoms with Crippen molar-refractivity contribution in [3.63, 3.8) is 0 Å². The van der Waals surface area contributed by atoms with Crippen LogP contribution < -0.4 is 0 Å². The predicted octanol–water partition coefficient (Wildman–Crippen LogP) is 2.26. The molecule has 0 radical (unpaired) electrons. The number of piperidine rings is 1. The van der Waals surface area contributed by atoms with E-state index in [1.54, 1.807) is 24.3 Å². The van der Waals surface area contributed by atoms with Gasteiger partial charge in [-0.25, -0.2) is 0 Å². The van der Waals surface area contributed by atoms with E-state index in [0.29, 0.717) is 31.1 Å². The van der Waals surface area contributed by atoms with Crippen LogP contribution in [0, 0.1) is 17.2 Å². The Kier molecular flexibility index (Phi) is 6.57. The van der Waals surface area contributed by atoms with Gasteiger partial charge >= 0.3 is 5.97 Å². The molecule has 0 bridgehead atoms. The summed E-state index contributed by atoms with van der Waals surface area (Å²) in [5, 5.41) is 19.2. The monoisotopic (exact) mass is 316 g/mol. The molecule has 1 aliphatic heterocycles. The smallest absolute Gasteiger partial charge is 0.306 e. The van der Waals surface area contributed by atoms with Crippen molar-refractivity contribution in [2.45, 2.75) is 32.3 Å². The van der Waals surface area contributed by atoms with E-state index in [9.17, 15) is 9.90 Å². The van der Waals surface area contributed by atoms with Crippen LogP contribution in [0.2, 0.25) is 0 Å². The number of rotatable bonds is 6. The molecule has 2 unspecified atom stereocenters. The van der Waals surface area contributed by atoms with Crippen LogP contribution in [0.15, 0.2) is 24.3 Å². The second-order valence-corrected chi connectivity index (χ2v) is 6.03. The lowest BCUT2D eigenvalue weighted by atomic mass is 9.94. The van der Waals surface area contributed by atoms with E-state index in [2.05, 4.69) is 11.0 Å². The van der Waals surface area contributed by atoms with Gasteiger partial charge in [0, 0.05) is 19.5 Å². The van der Waals surface area contributed by atoms with Crippen LogP contribution in [0.1, 0.15) is 43.4 Å². The maximum absolute atomic E-state index is 11.6. The zero-order valence-corrected chi connectivity index (χ0v) is 13.6. The third kappa shape index (κ3) is 5.34. The normalized spacial score (nSPS) is 19.8. The molecule has 124 valence electrons. The van der Waals surface area contributed by atoms with Crippen molar-refractivity contribution in [2.24, 2.45) is 5.92 Å². The standard InChI is InChI=1S/C18H24N2O3/c1-2-23-18(22)10-15-4-3-9-20(12-15)13-17(21)16-7-5-14(11-19)6-8-16/h5-8,15,17,21H,2-4,9-10,12-13H2,1H3. The Morgan fingerprint density at radius 1 is 1.48 bits per heavy atom. The van der Waals surface area contributed by atoms with Crippen LogP contribution in [-0.4, -0.2) is 42.2 Å². The fourth-order valence-corrected chi connectivity index (χ4v) is 3.07. The number of carbonyl (C=O) groups is 1. The van der Waals surface area contributed by atoms with Crippen molar-refractivity contribution >= 4 is 5.97 Å². The number of carbonyl (C=O) groups excluding carboxylic acids is 1. The quantitative estimate of drug-likeness (QED) is 0.815. The number of hydrogen-bond donors (Lipinski definition) is 1. The van der Waals surface area contributed by atoms with Crippen LogP contribution in [-0.2, 0) is 9.53 Å². The summed E-state index contributed by atoms with van der Waals surface area (Å²) in [5.74, 6) is 0.169. The van der Waals surface area contributed by atoms with Gasteiger partial charge in [0.2, 0.25) is 0 Å². The Bertz CT molecular complexity index is 550. The summed E-state index contributed by atoms with van der Waals surface area (Å²) in [6.07, 6.45) is 1.94. The molecule has 1 aliphatic rings. The summed E-state index contributed by atoms with van der Waals surface area (Å²) in [5.41, 5.74) is 1.41. The second-order valence-electron chi connectivity index (χ2n) is 6.03. The zero-order valence-electron chi connectivity index (χ0n) is 13.6. The van der Waals surface area contributed by atoms with E-state index in [1.807, 2.05) is 6.92 Å². The summed E-state index contributed by atoms with van der Waals surface area (Å²) in [4.78, 5) is 13.8. The topological polar surface area (TPSA) is 73.6 Å². The fraction of sp³-hybridized carbons (Fsp3) is 0.556. The Morgan fingerprint density at radius 2 is 2.22 bits per heavy atom. The molecule has 2 atom stereocenters. The molecular formula is C18H24N2O3. The highest BCUT2D eigenvalue weighted by molar-refractivity contribution is 5.69. The summed E-state index contributed by atoms with van der Waals surface area (Å²) in [6.45, 7) is 4.54. The van der Waals surface area contributed by atoms with Gasteiger partial charge in [-0.15, -0.1) is 0 Å². The maximum Gasteiger partial charge on any atom is 0.306 e. The lowest BCUT2D eigenvalue weighted by Crippen LogP contribution is -2.38. The summed E-state index contributed by atoms with van der Waals surface area (Å²) in [7, 11) is 0. The number of nitrogens with zero attached hydrogens (tertiary/aromatic N) is 2. The summed E-state index contributed by atoms with van der Waals surface area (Å²) < 4.78 is 5.02. The van der Waals surface area contributed by atoms with E-state index < -0.39 is 6.10 Å². The third-order valence-corrected chi connectivity index (χ3v) is 4.22. The van der Waals surface area contributed by atoms with E-state index in [4.69, 9.17) is 10.00 Å². The van der Waals surface area contributed by atoms with Crippen molar-refractivity contribution in [1.82, 2.24) is 4.90 Å². The molecule has 0 amide bonds. The largest absolute Gasteiger partial charge is 0.466 e. The number of aliphatic hydroxyl groups is 1. The van der Waals surface area contributed by atoms with Crippen molar-refractivity contribution in [2.75, 3.05) is 26.2 Å². The molecule has 0 spiro atoms. The summed E-state index contributed by atoms with van der Waals surface area (Å²) in [6, 6.07) is 9.10. The van der Waals surface area contributed by atoms with Gasteiger partial charge in [0.05, 0.1) is 24.3 Å². The molecule has 1 saturated heterocycles. The molecule has 0 saturated carbocycles. The highest BCUT2D eigenvalue weighted by Gasteiger charge is 2.24. The van der Waals surface area contributed by atoms with E-state index in [-0.39, 0.29) is 5.97 Å². The van der Waals surface area contributed by atoms with Gasteiger partial charge in [0.15, 0.2) is 0 Å². The molecule has 23 heavy (non-hydrogen) atoms. The number of ether oxygens (including phenoxy) is 1. The number of benzene rings is 1. The van der Waals surface area contributed by atoms with E-state index in [0.717, 1.165) is 31.5 Å². The van der Waals surface area contributed by atoms with Gasteiger partial charge in [0.1, 0.15) is 0 Å². The third-order valence-electron chi connectivity index (χ3n) is 4.22. The minimum atomic E-state index is -0.580. The van der Waals surface area contributed by atoms with Crippen LogP contribution in [0.3, 0.4) is 0 Å². The van der Waals surface area contributed by atoms with Crippen molar-refractivity contribution in [3.8, 4) is 6.07 Å². The van der Waals surface area contributed by atoms with Gasteiger partial charge in [0.25, 0.3) is 0 Å². The predicted molar refractivity (Wildman–Crippen MR) is 86.5 cm³/mol. The van der Waals surface area contributed by atoms with Gasteiger partial charge in [-0.2, -0.15) is 5.26 Å². The first kappa shape index (κ1) is 17.5. The molecule has 2 rings (SSSR count). The van der Waals surface area contributed by atoms with Crippen molar-refractivity contribution < 1.29 is 14.6 Å². The highest BCUT2D eigenvalue weighted by Crippen LogP contribution is 2.23. The molecule has 1 N–H and O–H groups in total. The molecule has 1 aromatic carbocycles. The number of esters is 1. The molecule has 1 aromatic rings. The highest BCUT2D eigenvalue weighted by atomic mass is 16.5. The number of β-amino-alcohol motifs (C(OH)–C–C–N with tert-alkyl or cyclic N) is 1. The van der Waals surface area contributed by atoms with Gasteiger partial charge in [-0.3, -0.25) is 4.79 Å². The van der Waals surface area contributed by atoms with Crippen molar-refractivity contribution in [1.29, 1.82) is 5.26 Å². The molecular weight excluding hydrogens is 292 g/mol. The maximum atomic E-state index is 11.6. The molecule has 1 fully saturated rings. The first-order valence-corrected chi connectivity index (χ1v) is 8.18. The molecule has 0 aliphatic carbocycles. The number of aliphatic hydroxyl groups excluding tert-OH is 1. The van der Waals surface area contributed by atoms with Crippen LogP contribution in [0.25, 0.3) is 0 Å². The number of nitriles is 1. The molecule has 1 heterocycles. The minimum absolute atomic E-state index is 0.132. The van der Waals surface area contributed by atoms with Crippen molar-refractivity contribution in [3.05, 3.63) is 35.4 Å². The average Bonchev–Trinajstić information content (AvgIpc) is 2.55. The van der Waals surface area contributed by atoms with Gasteiger partial charge in [-0.1, -0.05) is 12.1 Å². The SMILES string of the molecule is CCOC(=O)CC1CCCN(CC(O)c2ccc(C#N)cc2)C1. The Morgan fingerprint density at radius 3 is 2.87 bits per heavy atom. The summed E-state index contributed by atoms with van der Waals surface area (Å²) >= 11 is 0. The first-order valence-electron chi connectivity index (χ1n) is 8.18. The molecule has 5 nitrogen and oxygen atoms in total. The lowest BCUT2D eigenvalue weighted by molar-refractivity contribution is -0.144. The Balaban J connectivity index is 1.86. The lowest BCUT2D eigenvalue weighted by Gasteiger charge is -2.33. The van der Waals surface area contributed by atoms with Crippen LogP contribution in [0.4, 0.5) is 0 Å². The fourth-order valence-electron chi connectivity index (χ4n) is 3.07. The van der Waals surface area contributed by atoms with E-state index in [1.165, 1.54) is 0 Å². The first-order chi connectivity index (χ1) is 11.1. The molecule has 5 heteroatoms. The van der Waals surface area contributed by atoms with Crippen LogP contribution in [0.5, 0.6) is 0 Å². The Labute approximate surface area is 137 Å². The minimum Gasteiger partial charge on any atom is -0.466 e. The second kappa shape index (κ2) is 8.66. The number of hydrogen-bond acceptors (Lipinski definition) is 5. The van der Waals surface area contributed by atoms with Gasteiger partial charge in [-0.05, 0) is 49.9 Å². The average molecular weight is 316 g/mol. The van der Waals surface area contributed by atoms with Gasteiger partial charge < -0.3 is 14.7 Å².